The SMILES string of the molecule is Fc1ccc(-c2nc(C3=NNC4C5CCCCC5n5c(cnc5Cl)N34)no2)c(F)c1. The van der Waals surface area contributed by atoms with Gasteiger partial charge in [0.25, 0.3) is 5.89 Å². The smallest absolute Gasteiger partial charge is 0.261 e. The summed E-state index contributed by atoms with van der Waals surface area (Å²) < 4.78 is 34.7. The van der Waals surface area contributed by atoms with E-state index in [1.807, 2.05) is 9.47 Å². The van der Waals surface area contributed by atoms with Crippen molar-refractivity contribution in [2.24, 2.45) is 11.0 Å². The van der Waals surface area contributed by atoms with E-state index >= 15 is 0 Å². The summed E-state index contributed by atoms with van der Waals surface area (Å²) in [6, 6.07) is 3.43. The molecule has 8 nitrogen and oxygen atoms in total. The van der Waals surface area contributed by atoms with Crippen molar-refractivity contribution in [2.75, 3.05) is 4.90 Å². The van der Waals surface area contributed by atoms with E-state index in [-0.39, 0.29) is 29.5 Å². The molecule has 1 fully saturated rings. The van der Waals surface area contributed by atoms with E-state index in [1.165, 1.54) is 6.07 Å². The molecule has 3 atom stereocenters. The third-order valence-electron chi connectivity index (χ3n) is 6.09. The van der Waals surface area contributed by atoms with Crippen LogP contribution in [0.15, 0.2) is 34.0 Å². The van der Waals surface area contributed by atoms with Crippen LogP contribution < -0.4 is 10.3 Å². The molecular weight excluding hydrogens is 416 g/mol. The molecule has 1 saturated carbocycles. The number of hydrogen-bond acceptors (Lipinski definition) is 7. The Morgan fingerprint density at radius 3 is 2.93 bits per heavy atom. The molecule has 11 heteroatoms. The van der Waals surface area contributed by atoms with Gasteiger partial charge in [0.1, 0.15) is 23.6 Å². The number of nitrogens with zero attached hydrogens (tertiary/aromatic N) is 6. The fraction of sp³-hybridized carbons (Fsp3) is 0.368. The van der Waals surface area contributed by atoms with Crippen LogP contribution >= 0.6 is 11.6 Å². The van der Waals surface area contributed by atoms with Gasteiger partial charge >= 0.3 is 0 Å². The lowest BCUT2D eigenvalue weighted by atomic mass is 9.80. The van der Waals surface area contributed by atoms with E-state index < -0.39 is 11.6 Å². The van der Waals surface area contributed by atoms with Crippen molar-refractivity contribution in [3.05, 3.63) is 47.1 Å². The quantitative estimate of drug-likeness (QED) is 0.666. The molecule has 0 bridgehead atoms. The van der Waals surface area contributed by atoms with Crippen molar-refractivity contribution in [1.29, 1.82) is 0 Å². The van der Waals surface area contributed by atoms with Gasteiger partial charge in [-0.25, -0.2) is 13.8 Å². The molecule has 3 unspecified atom stereocenters. The number of aromatic nitrogens is 4. The number of hydrogen-bond donors (Lipinski definition) is 1. The number of imidazole rings is 1. The van der Waals surface area contributed by atoms with Crippen LogP contribution in [0.25, 0.3) is 11.5 Å². The highest BCUT2D eigenvalue weighted by molar-refractivity contribution is 6.28. The maximum Gasteiger partial charge on any atom is 0.261 e. The number of rotatable bonds is 2. The summed E-state index contributed by atoms with van der Waals surface area (Å²) in [6.45, 7) is 0. The minimum absolute atomic E-state index is 0.0253. The van der Waals surface area contributed by atoms with Crippen molar-refractivity contribution in [2.45, 2.75) is 37.9 Å². The first-order chi connectivity index (χ1) is 14.6. The molecule has 0 radical (unpaired) electrons. The van der Waals surface area contributed by atoms with Gasteiger partial charge in [0.15, 0.2) is 0 Å². The molecule has 154 valence electrons. The average Bonchev–Trinajstić information content (AvgIpc) is 3.46. The maximum absolute atomic E-state index is 14.1. The number of halogens is 3. The molecule has 1 aliphatic carbocycles. The van der Waals surface area contributed by atoms with Gasteiger partial charge in [-0.2, -0.15) is 10.1 Å². The van der Waals surface area contributed by atoms with Gasteiger partial charge in [-0.15, -0.1) is 0 Å². The Morgan fingerprint density at radius 1 is 1.20 bits per heavy atom. The van der Waals surface area contributed by atoms with E-state index in [2.05, 4.69) is 25.7 Å². The summed E-state index contributed by atoms with van der Waals surface area (Å²) in [4.78, 5) is 10.6. The number of nitrogens with one attached hydrogen (secondary N) is 1. The van der Waals surface area contributed by atoms with E-state index in [0.29, 0.717) is 17.0 Å². The number of benzene rings is 1. The molecule has 30 heavy (non-hydrogen) atoms. The number of hydrazone groups is 1. The second kappa shape index (κ2) is 6.49. The molecule has 3 aliphatic rings. The molecule has 4 heterocycles. The van der Waals surface area contributed by atoms with Crippen LogP contribution in [0.5, 0.6) is 0 Å². The van der Waals surface area contributed by atoms with Gasteiger partial charge in [0.2, 0.25) is 16.9 Å². The van der Waals surface area contributed by atoms with Crippen LogP contribution in [0.2, 0.25) is 5.28 Å². The van der Waals surface area contributed by atoms with Crippen molar-refractivity contribution in [3.8, 4) is 11.5 Å². The van der Waals surface area contributed by atoms with Gasteiger partial charge in [-0.3, -0.25) is 14.9 Å². The first kappa shape index (κ1) is 17.8. The molecule has 2 aliphatic heterocycles. The van der Waals surface area contributed by atoms with Gasteiger partial charge < -0.3 is 4.52 Å². The summed E-state index contributed by atoms with van der Waals surface area (Å²) >= 11 is 6.42. The number of amidine groups is 1. The van der Waals surface area contributed by atoms with Gasteiger partial charge in [-0.1, -0.05) is 18.0 Å². The molecule has 3 aromatic rings. The molecule has 0 spiro atoms. The first-order valence-electron chi connectivity index (χ1n) is 9.76. The Morgan fingerprint density at radius 2 is 2.07 bits per heavy atom. The average molecular weight is 432 g/mol. The monoisotopic (exact) mass is 431 g/mol. The molecule has 0 amide bonds. The van der Waals surface area contributed by atoms with E-state index in [4.69, 9.17) is 16.1 Å². The van der Waals surface area contributed by atoms with Gasteiger partial charge in [0, 0.05) is 18.0 Å². The lowest BCUT2D eigenvalue weighted by Gasteiger charge is -2.45. The third kappa shape index (κ3) is 2.49. The molecule has 0 saturated heterocycles. The Hall–Kier alpha value is -3.01. The van der Waals surface area contributed by atoms with Crippen LogP contribution in [0.1, 0.15) is 37.5 Å². The highest BCUT2D eigenvalue weighted by Gasteiger charge is 2.48. The maximum atomic E-state index is 14.1. The zero-order chi connectivity index (χ0) is 20.4. The summed E-state index contributed by atoms with van der Waals surface area (Å²) in [7, 11) is 0. The van der Waals surface area contributed by atoms with Crippen molar-refractivity contribution < 1.29 is 13.3 Å². The zero-order valence-corrected chi connectivity index (χ0v) is 16.4. The van der Waals surface area contributed by atoms with Crippen molar-refractivity contribution in [3.63, 3.8) is 0 Å². The summed E-state index contributed by atoms with van der Waals surface area (Å²) in [5.41, 5.74) is 3.23. The minimum Gasteiger partial charge on any atom is -0.333 e. The molecular formula is C19H16ClF2N7O. The number of fused-ring (bicyclic) bond motifs is 6. The third-order valence-corrected chi connectivity index (χ3v) is 6.37. The largest absolute Gasteiger partial charge is 0.333 e. The van der Waals surface area contributed by atoms with E-state index in [1.54, 1.807) is 6.20 Å². The van der Waals surface area contributed by atoms with Gasteiger partial charge in [0.05, 0.1) is 11.8 Å². The molecule has 1 aromatic carbocycles. The minimum atomic E-state index is -0.776. The lowest BCUT2D eigenvalue weighted by Crippen LogP contribution is -2.54. The fourth-order valence-corrected chi connectivity index (χ4v) is 5.06. The Balaban J connectivity index is 1.40. The Kier molecular flexibility index (Phi) is 3.86. The second-order valence-electron chi connectivity index (χ2n) is 7.70. The second-order valence-corrected chi connectivity index (χ2v) is 8.04. The summed E-state index contributed by atoms with van der Waals surface area (Å²) in [5.74, 6) is 0.233. The highest BCUT2D eigenvalue weighted by Crippen LogP contribution is 2.47. The Bertz CT molecular complexity index is 1180. The van der Waals surface area contributed by atoms with E-state index in [0.717, 1.165) is 43.6 Å². The zero-order valence-electron chi connectivity index (χ0n) is 15.6. The standard InChI is InChI=1S/C19H16ClF2N7O/c20-19-23-8-14-28(19)13-4-2-1-3-11(13)16-25-26-17(29(14)16)15-24-18(30-27-15)10-6-5-9(21)7-12(10)22/h5-8,11,13,16,25H,1-4H2. The topological polar surface area (TPSA) is 84.4 Å². The van der Waals surface area contributed by atoms with Crippen LogP contribution in [-0.4, -0.2) is 31.7 Å². The Labute approximate surface area is 174 Å². The first-order valence-corrected chi connectivity index (χ1v) is 10.1. The highest BCUT2D eigenvalue weighted by atomic mass is 35.5. The summed E-state index contributed by atoms with van der Waals surface area (Å²) in [5, 5.41) is 8.89. The fourth-order valence-electron chi connectivity index (χ4n) is 4.80. The van der Waals surface area contributed by atoms with Crippen LogP contribution in [0, 0.1) is 17.6 Å². The van der Waals surface area contributed by atoms with Crippen LogP contribution in [0.3, 0.4) is 0 Å². The van der Waals surface area contributed by atoms with Crippen LogP contribution in [-0.2, 0) is 0 Å². The lowest BCUT2D eigenvalue weighted by molar-refractivity contribution is 0.176. The summed E-state index contributed by atoms with van der Waals surface area (Å²) in [6.07, 6.45) is 5.99. The van der Waals surface area contributed by atoms with Gasteiger partial charge in [-0.05, 0) is 36.6 Å². The molecule has 1 N–H and O–H groups in total. The molecule has 6 rings (SSSR count). The predicted molar refractivity (Wildman–Crippen MR) is 104 cm³/mol. The molecule has 2 aromatic heterocycles. The van der Waals surface area contributed by atoms with E-state index in [9.17, 15) is 8.78 Å². The number of anilines is 1. The normalized spacial score (nSPS) is 24.7. The van der Waals surface area contributed by atoms with Crippen LogP contribution in [0.4, 0.5) is 14.6 Å². The van der Waals surface area contributed by atoms with Crippen molar-refractivity contribution in [1.82, 2.24) is 25.1 Å². The van der Waals surface area contributed by atoms with Crippen molar-refractivity contribution >= 4 is 23.3 Å². The predicted octanol–water partition coefficient (Wildman–Crippen LogP) is 3.71.